The predicted octanol–water partition coefficient (Wildman–Crippen LogP) is 0.560. The molecule has 0 aliphatic heterocycles. The Kier molecular flexibility index (Phi) is 3.28. The van der Waals surface area contributed by atoms with Crippen molar-refractivity contribution in [1.29, 1.82) is 0 Å². The maximum absolute atomic E-state index is 10.6. The summed E-state index contributed by atoms with van der Waals surface area (Å²) in [6.07, 6.45) is 0. The van der Waals surface area contributed by atoms with Crippen LogP contribution in [0.1, 0.15) is 11.1 Å². The molecule has 0 aromatic heterocycles. The maximum atomic E-state index is 10.6. The molecule has 0 aliphatic rings. The van der Waals surface area contributed by atoms with Crippen molar-refractivity contribution in [2.45, 2.75) is 13.8 Å². The van der Waals surface area contributed by atoms with Gasteiger partial charge in [0.25, 0.3) is 5.69 Å². The first kappa shape index (κ1) is 11.5. The lowest BCUT2D eigenvalue weighted by Crippen LogP contribution is -2.21. The van der Waals surface area contributed by atoms with E-state index >= 15 is 0 Å². The average Bonchev–Trinajstić information content (AvgIpc) is 2.08. The Morgan fingerprint density at radius 1 is 1.33 bits per heavy atom. The van der Waals surface area contributed by atoms with Crippen LogP contribution in [0.15, 0.2) is 12.1 Å². The van der Waals surface area contributed by atoms with Gasteiger partial charge in [-0.05, 0) is 25.5 Å². The molecule has 0 atom stereocenters. The minimum absolute atomic E-state index is 0.0855. The van der Waals surface area contributed by atoms with Gasteiger partial charge in [-0.25, -0.2) is 0 Å². The van der Waals surface area contributed by atoms with E-state index in [2.05, 4.69) is 4.65 Å². The van der Waals surface area contributed by atoms with Gasteiger partial charge in [0.05, 0.1) is 11.0 Å². The third kappa shape index (κ3) is 2.68. The first-order valence-electron chi connectivity index (χ1n) is 4.20. The first-order chi connectivity index (χ1) is 6.91. The summed E-state index contributed by atoms with van der Waals surface area (Å²) in [5, 5.41) is 27.8. The van der Waals surface area contributed by atoms with E-state index in [1.54, 1.807) is 19.9 Å². The molecule has 7 heteroatoms. The van der Waals surface area contributed by atoms with Gasteiger partial charge in [-0.1, -0.05) is 0 Å². The Hall–Kier alpha value is -1.60. The van der Waals surface area contributed by atoms with E-state index in [0.29, 0.717) is 11.1 Å². The van der Waals surface area contributed by atoms with Crippen LogP contribution in [0.3, 0.4) is 0 Å². The van der Waals surface area contributed by atoms with Gasteiger partial charge in [-0.15, -0.1) is 0 Å². The number of benzene rings is 1. The van der Waals surface area contributed by atoms with Crippen molar-refractivity contribution in [2.75, 3.05) is 0 Å². The van der Waals surface area contributed by atoms with Crippen molar-refractivity contribution in [3.63, 3.8) is 0 Å². The Morgan fingerprint density at radius 2 is 1.93 bits per heavy atom. The third-order valence-electron chi connectivity index (χ3n) is 1.92. The quantitative estimate of drug-likeness (QED) is 0.432. The molecule has 1 rings (SSSR count). The van der Waals surface area contributed by atoms with Gasteiger partial charge in [-0.3, -0.25) is 10.1 Å². The fourth-order valence-electron chi connectivity index (χ4n) is 1.26. The molecule has 0 bridgehead atoms. The van der Waals surface area contributed by atoms with Gasteiger partial charge >= 0.3 is 7.32 Å². The number of rotatable bonds is 3. The second kappa shape index (κ2) is 4.29. The zero-order valence-electron chi connectivity index (χ0n) is 8.30. The highest BCUT2D eigenvalue weighted by molar-refractivity contribution is 6.33. The number of hydrogen-bond donors (Lipinski definition) is 2. The molecule has 0 heterocycles. The summed E-state index contributed by atoms with van der Waals surface area (Å²) in [6.45, 7) is 3.26. The van der Waals surface area contributed by atoms with Crippen molar-refractivity contribution < 1.29 is 19.6 Å². The van der Waals surface area contributed by atoms with Crippen LogP contribution in [0.2, 0.25) is 0 Å². The summed E-state index contributed by atoms with van der Waals surface area (Å²) in [5.41, 5.74) is 0.986. The summed E-state index contributed by atoms with van der Waals surface area (Å²) < 4.78 is 4.60. The van der Waals surface area contributed by atoms with Gasteiger partial charge in [0, 0.05) is 5.56 Å². The van der Waals surface area contributed by atoms with E-state index in [1.165, 1.54) is 6.07 Å². The van der Waals surface area contributed by atoms with E-state index in [-0.39, 0.29) is 11.4 Å². The van der Waals surface area contributed by atoms with Crippen molar-refractivity contribution in [3.8, 4) is 5.75 Å². The fraction of sp³-hybridized carbons (Fsp3) is 0.250. The second-order valence-electron chi connectivity index (χ2n) is 3.11. The monoisotopic (exact) mass is 211 g/mol. The molecule has 2 N–H and O–H groups in total. The molecule has 0 spiro atoms. The fourth-order valence-corrected chi connectivity index (χ4v) is 1.26. The Balaban J connectivity index is 3.17. The van der Waals surface area contributed by atoms with Gasteiger partial charge in [0.2, 0.25) is 0 Å². The zero-order chi connectivity index (χ0) is 11.6. The third-order valence-corrected chi connectivity index (χ3v) is 1.92. The maximum Gasteiger partial charge on any atom is 0.707 e. The molecule has 0 fully saturated rings. The summed E-state index contributed by atoms with van der Waals surface area (Å²) in [4.78, 5) is 10.0. The molecule has 1 aromatic carbocycles. The highest BCUT2D eigenvalue weighted by Crippen LogP contribution is 2.27. The molecule has 80 valence electrons. The van der Waals surface area contributed by atoms with Crippen molar-refractivity contribution in [2.24, 2.45) is 0 Å². The molecule has 0 saturated heterocycles. The SMILES string of the molecule is Cc1cc(C)c([N+](=O)[O-])cc1OB(O)O. The van der Waals surface area contributed by atoms with Crippen LogP contribution in [-0.4, -0.2) is 22.3 Å². The highest BCUT2D eigenvalue weighted by atomic mass is 16.6. The van der Waals surface area contributed by atoms with Crippen LogP contribution in [0.4, 0.5) is 5.69 Å². The Morgan fingerprint density at radius 3 is 2.40 bits per heavy atom. The van der Waals surface area contributed by atoms with Crippen LogP contribution in [0, 0.1) is 24.0 Å². The first-order valence-corrected chi connectivity index (χ1v) is 4.20. The molecular formula is C8H10BNO5. The standard InChI is InChI=1S/C8H10BNO5/c1-5-3-6(2)8(15-9(11)12)4-7(5)10(13)14/h3-4,11-12H,1-2H3. The van der Waals surface area contributed by atoms with Crippen molar-refractivity contribution >= 4 is 13.0 Å². The molecule has 6 nitrogen and oxygen atoms in total. The highest BCUT2D eigenvalue weighted by Gasteiger charge is 2.18. The molecular weight excluding hydrogens is 201 g/mol. The normalized spacial score (nSPS) is 9.87. The number of nitrogens with zero attached hydrogens (tertiary/aromatic N) is 1. The van der Waals surface area contributed by atoms with E-state index < -0.39 is 12.2 Å². The number of nitro groups is 1. The topological polar surface area (TPSA) is 92.8 Å². The minimum Gasteiger partial charge on any atom is -0.512 e. The largest absolute Gasteiger partial charge is 0.707 e. The summed E-state index contributed by atoms with van der Waals surface area (Å²) in [5.74, 6) is 0.0855. The van der Waals surface area contributed by atoms with Crippen LogP contribution in [0.25, 0.3) is 0 Å². The van der Waals surface area contributed by atoms with E-state index in [4.69, 9.17) is 10.0 Å². The molecule has 0 saturated carbocycles. The molecule has 0 amide bonds. The number of nitro benzene ring substituents is 1. The van der Waals surface area contributed by atoms with E-state index in [1.807, 2.05) is 0 Å². The predicted molar refractivity (Wildman–Crippen MR) is 53.4 cm³/mol. The Labute approximate surface area is 86.4 Å². The van der Waals surface area contributed by atoms with E-state index in [9.17, 15) is 10.1 Å². The molecule has 15 heavy (non-hydrogen) atoms. The van der Waals surface area contributed by atoms with Crippen LogP contribution < -0.4 is 4.65 Å². The lowest BCUT2D eigenvalue weighted by Gasteiger charge is -2.08. The molecule has 0 aliphatic carbocycles. The van der Waals surface area contributed by atoms with Gasteiger partial charge in [0.15, 0.2) is 0 Å². The second-order valence-corrected chi connectivity index (χ2v) is 3.11. The van der Waals surface area contributed by atoms with Gasteiger partial charge < -0.3 is 14.7 Å². The summed E-state index contributed by atoms with van der Waals surface area (Å²) in [7, 11) is -1.98. The van der Waals surface area contributed by atoms with Gasteiger partial charge in [0.1, 0.15) is 5.75 Å². The lowest BCUT2D eigenvalue weighted by atomic mass is 10.1. The van der Waals surface area contributed by atoms with Crippen LogP contribution >= 0.6 is 0 Å². The lowest BCUT2D eigenvalue weighted by molar-refractivity contribution is -0.385. The zero-order valence-corrected chi connectivity index (χ0v) is 8.30. The van der Waals surface area contributed by atoms with Crippen molar-refractivity contribution in [1.82, 2.24) is 0 Å². The number of hydrogen-bond acceptors (Lipinski definition) is 5. The molecule has 1 aromatic rings. The average molecular weight is 211 g/mol. The molecule has 0 radical (unpaired) electrons. The minimum atomic E-state index is -1.98. The van der Waals surface area contributed by atoms with Crippen LogP contribution in [0.5, 0.6) is 5.75 Å². The van der Waals surface area contributed by atoms with Crippen LogP contribution in [-0.2, 0) is 0 Å². The Bertz CT molecular complexity index is 393. The summed E-state index contributed by atoms with van der Waals surface area (Å²) in [6, 6.07) is 2.72. The molecule has 0 unspecified atom stereocenters. The summed E-state index contributed by atoms with van der Waals surface area (Å²) >= 11 is 0. The number of aryl methyl sites for hydroxylation is 2. The van der Waals surface area contributed by atoms with E-state index in [0.717, 1.165) is 0 Å². The van der Waals surface area contributed by atoms with Gasteiger partial charge in [-0.2, -0.15) is 0 Å². The van der Waals surface area contributed by atoms with Crippen molar-refractivity contribution in [3.05, 3.63) is 33.4 Å². The smallest absolute Gasteiger partial charge is 0.512 e.